The molecule has 26 heavy (non-hydrogen) atoms. The second-order valence-corrected chi connectivity index (χ2v) is 6.93. The smallest absolute Gasteiger partial charge is 0.348 e. The van der Waals surface area contributed by atoms with Crippen LogP contribution in [0, 0.1) is 0 Å². The van der Waals surface area contributed by atoms with Crippen molar-refractivity contribution in [3.63, 3.8) is 0 Å². The van der Waals surface area contributed by atoms with Crippen molar-refractivity contribution >= 4 is 33.6 Å². The minimum absolute atomic E-state index is 0.313. The summed E-state index contributed by atoms with van der Waals surface area (Å²) in [7, 11) is 1.40. The summed E-state index contributed by atoms with van der Waals surface area (Å²) in [5.41, 5.74) is 6.31. The van der Waals surface area contributed by atoms with Crippen molar-refractivity contribution in [1.82, 2.24) is 4.98 Å². The zero-order valence-corrected chi connectivity index (χ0v) is 15.1. The molecule has 0 bridgehead atoms. The van der Waals surface area contributed by atoms with Gasteiger partial charge in [-0.1, -0.05) is 67.3 Å². The number of rotatable bonds is 4. The summed E-state index contributed by atoms with van der Waals surface area (Å²) in [6.07, 6.45) is 1.86. The van der Waals surface area contributed by atoms with E-state index in [1.165, 1.54) is 18.4 Å². The van der Waals surface area contributed by atoms with Gasteiger partial charge in [0.15, 0.2) is 0 Å². The van der Waals surface area contributed by atoms with E-state index in [1.807, 2.05) is 48.5 Å². The minimum atomic E-state index is -0.313. The Hall–Kier alpha value is -3.11. The number of esters is 1. The van der Waals surface area contributed by atoms with Gasteiger partial charge in [-0.25, -0.2) is 4.79 Å². The molecule has 4 heteroatoms. The van der Waals surface area contributed by atoms with Crippen LogP contribution in [0.3, 0.4) is 0 Å². The molecule has 3 nitrogen and oxygen atoms in total. The van der Waals surface area contributed by atoms with Crippen LogP contribution in [-0.4, -0.2) is 18.1 Å². The summed E-state index contributed by atoms with van der Waals surface area (Å²) >= 11 is 1.45. The third-order valence-corrected chi connectivity index (χ3v) is 5.50. The van der Waals surface area contributed by atoms with Gasteiger partial charge in [0.2, 0.25) is 0 Å². The monoisotopic (exact) mass is 359 g/mol. The number of fused-ring (bicyclic) bond motifs is 1. The maximum Gasteiger partial charge on any atom is 0.348 e. The fraction of sp³-hybridized carbons (Fsp3) is 0.0455. The number of hydrogen-bond acceptors (Lipinski definition) is 3. The van der Waals surface area contributed by atoms with Crippen LogP contribution >= 0.6 is 11.3 Å². The van der Waals surface area contributed by atoms with Crippen LogP contribution < -0.4 is 0 Å². The molecule has 2 aromatic heterocycles. The largest absolute Gasteiger partial charge is 0.465 e. The Morgan fingerprint density at radius 1 is 1.12 bits per heavy atom. The number of methoxy groups -OCH3 is 1. The molecule has 2 aromatic carbocycles. The van der Waals surface area contributed by atoms with Crippen LogP contribution in [0.2, 0.25) is 0 Å². The van der Waals surface area contributed by atoms with Gasteiger partial charge in [0, 0.05) is 11.1 Å². The summed E-state index contributed by atoms with van der Waals surface area (Å²) < 4.78 is 5.92. The van der Waals surface area contributed by atoms with Gasteiger partial charge < -0.3 is 9.72 Å². The van der Waals surface area contributed by atoms with Crippen LogP contribution in [0.1, 0.15) is 15.2 Å². The maximum atomic E-state index is 11.9. The molecule has 1 N–H and O–H groups in total. The van der Waals surface area contributed by atoms with Gasteiger partial charge in [-0.15, -0.1) is 11.3 Å². The van der Waals surface area contributed by atoms with E-state index in [2.05, 4.69) is 29.8 Å². The maximum absolute atomic E-state index is 11.9. The molecule has 0 saturated heterocycles. The minimum Gasteiger partial charge on any atom is -0.465 e. The quantitative estimate of drug-likeness (QED) is 0.455. The third-order valence-electron chi connectivity index (χ3n) is 4.37. The number of hydrogen-bond donors (Lipinski definition) is 1. The fourth-order valence-electron chi connectivity index (χ4n) is 3.17. The molecule has 0 unspecified atom stereocenters. The first-order valence-electron chi connectivity index (χ1n) is 8.24. The lowest BCUT2D eigenvalue weighted by Crippen LogP contribution is -1.96. The van der Waals surface area contributed by atoms with Crippen LogP contribution in [0.4, 0.5) is 0 Å². The van der Waals surface area contributed by atoms with E-state index in [0.717, 1.165) is 38.2 Å². The highest BCUT2D eigenvalue weighted by atomic mass is 32.1. The second kappa shape index (κ2) is 6.65. The van der Waals surface area contributed by atoms with E-state index < -0.39 is 0 Å². The van der Waals surface area contributed by atoms with Gasteiger partial charge in [-0.3, -0.25) is 0 Å². The normalized spacial score (nSPS) is 10.8. The number of ether oxygens (including phenoxy) is 1. The van der Waals surface area contributed by atoms with Gasteiger partial charge in [0.05, 0.1) is 23.0 Å². The van der Waals surface area contributed by atoms with Gasteiger partial charge >= 0.3 is 5.97 Å². The van der Waals surface area contributed by atoms with Gasteiger partial charge in [-0.2, -0.15) is 0 Å². The lowest BCUT2D eigenvalue weighted by molar-refractivity contribution is 0.0606. The van der Waals surface area contributed by atoms with Crippen molar-refractivity contribution in [3.05, 3.63) is 77.7 Å². The van der Waals surface area contributed by atoms with Crippen molar-refractivity contribution in [2.45, 2.75) is 0 Å². The second-order valence-electron chi connectivity index (χ2n) is 5.88. The highest BCUT2D eigenvalue weighted by Gasteiger charge is 2.21. The average Bonchev–Trinajstić information content (AvgIpc) is 3.25. The average molecular weight is 359 g/mol. The van der Waals surface area contributed by atoms with Crippen LogP contribution in [0.25, 0.3) is 38.7 Å². The van der Waals surface area contributed by atoms with E-state index >= 15 is 0 Å². The summed E-state index contributed by atoms with van der Waals surface area (Å²) in [6, 6.07) is 20.2. The molecule has 0 amide bonds. The zero-order valence-electron chi connectivity index (χ0n) is 14.3. The van der Waals surface area contributed by atoms with Gasteiger partial charge in [0.25, 0.3) is 0 Å². The molecule has 0 aliphatic carbocycles. The van der Waals surface area contributed by atoms with E-state index in [9.17, 15) is 4.79 Å². The summed E-state index contributed by atoms with van der Waals surface area (Å²) in [5, 5.41) is 0. The Labute approximate surface area is 155 Å². The highest BCUT2D eigenvalue weighted by Crippen LogP contribution is 2.43. The van der Waals surface area contributed by atoms with Crippen molar-refractivity contribution < 1.29 is 9.53 Å². The molecule has 4 rings (SSSR count). The Bertz CT molecular complexity index is 1110. The SMILES string of the molecule is C=Cc1ccccc1-c1[nH]c2cc(C(=O)OC)sc2c1-c1ccccc1. The molecule has 0 saturated carbocycles. The van der Waals surface area contributed by atoms with Crippen molar-refractivity contribution in [1.29, 1.82) is 0 Å². The molecule has 0 aliphatic rings. The Balaban J connectivity index is 2.03. The van der Waals surface area contributed by atoms with E-state index in [0.29, 0.717) is 4.88 Å². The molecule has 0 aliphatic heterocycles. The van der Waals surface area contributed by atoms with Gasteiger partial charge in [0.1, 0.15) is 4.88 Å². The lowest BCUT2D eigenvalue weighted by Gasteiger charge is -2.08. The molecule has 128 valence electrons. The Kier molecular flexibility index (Phi) is 4.19. The number of aromatic nitrogens is 1. The molecule has 0 radical (unpaired) electrons. The standard InChI is InChI=1S/C22H17NO2S/c1-3-14-9-7-8-12-16(14)20-19(15-10-5-4-6-11-15)21-17(23-20)13-18(26-21)22(24)25-2/h3-13,23H,1H2,2H3. The lowest BCUT2D eigenvalue weighted by atomic mass is 9.98. The molecule has 0 spiro atoms. The molecular formula is C22H17NO2S. The van der Waals surface area contributed by atoms with Crippen molar-refractivity contribution in [3.8, 4) is 22.4 Å². The zero-order chi connectivity index (χ0) is 18.1. The predicted octanol–water partition coefficient (Wildman–Crippen LogP) is 5.99. The van der Waals surface area contributed by atoms with Gasteiger partial charge in [-0.05, 0) is 17.2 Å². The topological polar surface area (TPSA) is 42.1 Å². The first-order chi connectivity index (χ1) is 12.7. The number of H-pyrrole nitrogens is 1. The van der Waals surface area contributed by atoms with Crippen molar-refractivity contribution in [2.75, 3.05) is 7.11 Å². The number of nitrogens with one attached hydrogen (secondary N) is 1. The number of aromatic amines is 1. The Morgan fingerprint density at radius 3 is 2.58 bits per heavy atom. The fourth-order valence-corrected chi connectivity index (χ4v) is 4.27. The predicted molar refractivity (Wildman–Crippen MR) is 108 cm³/mol. The van der Waals surface area contributed by atoms with Crippen LogP contribution in [0.15, 0.2) is 67.2 Å². The number of carbonyl (C=O) groups excluding carboxylic acids is 1. The van der Waals surface area contributed by atoms with Crippen molar-refractivity contribution in [2.24, 2.45) is 0 Å². The molecule has 2 heterocycles. The summed E-state index contributed by atoms with van der Waals surface area (Å²) in [5.74, 6) is -0.313. The molecule has 4 aromatic rings. The first-order valence-corrected chi connectivity index (χ1v) is 9.05. The summed E-state index contributed by atoms with van der Waals surface area (Å²) in [4.78, 5) is 16.0. The number of thiophene rings is 1. The summed E-state index contributed by atoms with van der Waals surface area (Å²) in [6.45, 7) is 3.94. The molecule has 0 atom stereocenters. The van der Waals surface area contributed by atoms with Crippen LogP contribution in [-0.2, 0) is 4.74 Å². The van der Waals surface area contributed by atoms with E-state index in [4.69, 9.17) is 4.74 Å². The molecular weight excluding hydrogens is 342 g/mol. The van der Waals surface area contributed by atoms with Crippen LogP contribution in [0.5, 0.6) is 0 Å². The molecule has 0 fully saturated rings. The number of benzene rings is 2. The highest BCUT2D eigenvalue weighted by molar-refractivity contribution is 7.21. The van der Waals surface area contributed by atoms with E-state index in [-0.39, 0.29) is 5.97 Å². The Morgan fingerprint density at radius 2 is 1.85 bits per heavy atom. The first kappa shape index (κ1) is 16.4. The third kappa shape index (κ3) is 2.65. The van der Waals surface area contributed by atoms with E-state index in [1.54, 1.807) is 0 Å². The number of carbonyl (C=O) groups is 1.